The zero-order valence-electron chi connectivity index (χ0n) is 18.0. The van der Waals surface area contributed by atoms with Crippen molar-refractivity contribution in [3.63, 3.8) is 0 Å². The van der Waals surface area contributed by atoms with Gasteiger partial charge in [-0.15, -0.1) is 11.1 Å². The number of hydrogen-bond acceptors (Lipinski definition) is 0. The van der Waals surface area contributed by atoms with Crippen LogP contribution in [0, 0.1) is 27.7 Å². The highest BCUT2D eigenvalue weighted by molar-refractivity contribution is 7.40. The summed E-state index contributed by atoms with van der Waals surface area (Å²) in [6, 6.07) is 20.7. The summed E-state index contributed by atoms with van der Waals surface area (Å²) >= 11 is 7.80. The Kier molecular flexibility index (Phi) is 6.17. The van der Waals surface area contributed by atoms with Crippen molar-refractivity contribution in [2.24, 2.45) is 0 Å². The molecule has 0 spiro atoms. The predicted octanol–water partition coefficient (Wildman–Crippen LogP) is 5.25. The van der Waals surface area contributed by atoms with Crippen molar-refractivity contribution in [1.29, 1.82) is 0 Å². The van der Waals surface area contributed by atoms with Crippen molar-refractivity contribution in [2.45, 2.75) is 54.4 Å². The van der Waals surface area contributed by atoms with Crippen LogP contribution in [0.15, 0.2) is 54.6 Å². The van der Waals surface area contributed by atoms with E-state index in [9.17, 15) is 0 Å². The van der Waals surface area contributed by atoms with Crippen LogP contribution in [0.25, 0.3) is 0 Å². The number of aryl methyl sites for hydroxylation is 6. The molecule has 0 saturated heterocycles. The van der Waals surface area contributed by atoms with Gasteiger partial charge in [0.05, 0.1) is 0 Å². The molecule has 0 atom stereocenters. The van der Waals surface area contributed by atoms with Gasteiger partial charge in [0, 0.05) is 0 Å². The first-order valence-electron chi connectivity index (χ1n) is 10.3. The quantitative estimate of drug-likeness (QED) is 0.308. The number of halogens is 1. The minimum Gasteiger partial charge on any atom is -0.149 e. The van der Waals surface area contributed by atoms with E-state index in [0.29, 0.717) is 0 Å². The lowest BCUT2D eigenvalue weighted by Crippen LogP contribution is -2.63. The lowest BCUT2D eigenvalue weighted by atomic mass is 10.1. The maximum Gasteiger partial charge on any atom is 0.247 e. The summed E-state index contributed by atoms with van der Waals surface area (Å²) in [6.07, 6.45) is 2.06. The zero-order chi connectivity index (χ0) is 20.5. The Morgan fingerprint density at radius 3 is 1.18 bits per heavy atom. The average Bonchev–Trinajstić information content (AvgIpc) is 2.65. The zero-order valence-corrected chi connectivity index (χ0v) is 19.7. The summed E-state index contributed by atoms with van der Waals surface area (Å²) in [7, 11) is -2.63. The Labute approximate surface area is 176 Å². The third kappa shape index (κ3) is 4.11. The second-order valence-corrected chi connectivity index (χ2v) is 12.9. The van der Waals surface area contributed by atoms with E-state index in [1.807, 2.05) is 0 Å². The van der Waals surface area contributed by atoms with Gasteiger partial charge in [-0.2, -0.15) is 0 Å². The van der Waals surface area contributed by atoms with Crippen LogP contribution in [0.4, 0.5) is 0 Å². The van der Waals surface area contributed by atoms with Gasteiger partial charge in [-0.3, -0.25) is 0 Å². The van der Waals surface area contributed by atoms with Gasteiger partial charge in [0.25, 0.3) is 0 Å². The smallest absolute Gasteiger partial charge is 0.149 e. The Bertz CT molecular complexity index is 889. The molecule has 28 heavy (non-hydrogen) atoms. The Balaban J connectivity index is 2.37. The van der Waals surface area contributed by atoms with Crippen LogP contribution in [-0.4, -0.2) is 7.38 Å². The molecular formula is C26H31ClSi. The van der Waals surface area contributed by atoms with E-state index in [2.05, 4.69) is 96.1 Å². The van der Waals surface area contributed by atoms with Crippen molar-refractivity contribution in [2.75, 3.05) is 0 Å². The maximum absolute atomic E-state index is 7.80. The molecule has 0 heterocycles. The summed E-state index contributed by atoms with van der Waals surface area (Å²) in [5.41, 5.74) is 7.86. The van der Waals surface area contributed by atoms with Gasteiger partial charge >= 0.3 is 0 Å². The minimum absolute atomic E-state index is 1.03. The van der Waals surface area contributed by atoms with E-state index < -0.39 is 7.38 Å². The molecule has 146 valence electrons. The third-order valence-electron chi connectivity index (χ3n) is 5.51. The maximum atomic E-state index is 7.80. The summed E-state index contributed by atoms with van der Waals surface area (Å²) in [5, 5.41) is 3.87. The molecule has 3 rings (SSSR count). The van der Waals surface area contributed by atoms with Crippen LogP contribution in [0.3, 0.4) is 0 Å². The molecule has 0 fully saturated rings. The molecule has 0 aliphatic rings. The van der Waals surface area contributed by atoms with Crippen LogP contribution in [0.2, 0.25) is 0 Å². The van der Waals surface area contributed by atoms with Crippen molar-refractivity contribution < 1.29 is 0 Å². The summed E-state index contributed by atoms with van der Waals surface area (Å²) in [6.45, 7) is 13.1. The van der Waals surface area contributed by atoms with Crippen LogP contribution in [0.1, 0.15) is 47.2 Å². The van der Waals surface area contributed by atoms with E-state index >= 15 is 0 Å². The molecular weight excluding hydrogens is 376 g/mol. The fraction of sp³-hybridized carbons (Fsp3) is 0.308. The lowest BCUT2D eigenvalue weighted by Gasteiger charge is -2.29. The first-order chi connectivity index (χ1) is 13.3. The largest absolute Gasteiger partial charge is 0.247 e. The van der Waals surface area contributed by atoms with E-state index in [4.69, 9.17) is 11.1 Å². The van der Waals surface area contributed by atoms with Crippen molar-refractivity contribution in [3.8, 4) is 0 Å². The van der Waals surface area contributed by atoms with Crippen LogP contribution in [-0.2, 0) is 12.8 Å². The monoisotopic (exact) mass is 406 g/mol. The van der Waals surface area contributed by atoms with Gasteiger partial charge in [-0.25, -0.2) is 0 Å². The number of rotatable bonds is 5. The normalized spacial score (nSPS) is 11.7. The standard InChI is InChI=1S/C26H31ClSi/c1-7-22-15-23(8-2)17-26(16-22)28(27,24-11-18(3)9-19(4)12-24)25-13-20(5)10-21(6)14-25/h9-17H,7-8H2,1-6H3. The number of hydrogen-bond donors (Lipinski definition) is 0. The highest BCUT2D eigenvalue weighted by atomic mass is 35.6. The van der Waals surface area contributed by atoms with Gasteiger partial charge in [0.1, 0.15) is 0 Å². The highest BCUT2D eigenvalue weighted by Crippen LogP contribution is 2.18. The minimum atomic E-state index is -2.63. The van der Waals surface area contributed by atoms with E-state index in [1.54, 1.807) is 0 Å². The first-order valence-corrected chi connectivity index (χ1v) is 13.3. The Morgan fingerprint density at radius 1 is 0.536 bits per heavy atom. The van der Waals surface area contributed by atoms with Crippen LogP contribution >= 0.6 is 11.1 Å². The Hall–Kier alpha value is -1.83. The van der Waals surface area contributed by atoms with E-state index in [0.717, 1.165) is 12.8 Å². The molecule has 0 radical (unpaired) electrons. The molecule has 0 aliphatic carbocycles. The van der Waals surface area contributed by atoms with Crippen molar-refractivity contribution in [3.05, 3.63) is 88.0 Å². The molecule has 0 N–H and O–H groups in total. The summed E-state index contributed by atoms with van der Waals surface area (Å²) < 4.78 is 0. The molecule has 0 bridgehead atoms. The summed E-state index contributed by atoms with van der Waals surface area (Å²) in [5.74, 6) is 0. The van der Waals surface area contributed by atoms with Crippen molar-refractivity contribution in [1.82, 2.24) is 0 Å². The molecule has 0 saturated carbocycles. The van der Waals surface area contributed by atoms with Gasteiger partial charge in [0.15, 0.2) is 0 Å². The number of benzene rings is 3. The molecule has 0 unspecified atom stereocenters. The first kappa shape index (κ1) is 20.9. The third-order valence-corrected chi connectivity index (χ3v) is 10.7. The molecule has 3 aromatic carbocycles. The second-order valence-electron chi connectivity index (χ2n) is 8.16. The van der Waals surface area contributed by atoms with Gasteiger partial charge in [-0.1, -0.05) is 90.7 Å². The molecule has 0 aliphatic heterocycles. The fourth-order valence-corrected chi connectivity index (χ4v) is 8.67. The van der Waals surface area contributed by atoms with Crippen LogP contribution < -0.4 is 15.6 Å². The molecule has 0 aromatic heterocycles. The lowest BCUT2D eigenvalue weighted by molar-refractivity contribution is 1.09. The molecule has 2 heteroatoms. The molecule has 0 amide bonds. The summed E-state index contributed by atoms with van der Waals surface area (Å²) in [4.78, 5) is 0. The SMILES string of the molecule is CCc1cc(CC)cc([Si](Cl)(c2cc(C)cc(C)c2)c2cc(C)cc(C)c2)c1. The average molecular weight is 407 g/mol. The van der Waals surface area contributed by atoms with E-state index in [-0.39, 0.29) is 0 Å². The fourth-order valence-electron chi connectivity index (χ4n) is 4.22. The predicted molar refractivity (Wildman–Crippen MR) is 128 cm³/mol. The van der Waals surface area contributed by atoms with Crippen LogP contribution in [0.5, 0.6) is 0 Å². The van der Waals surface area contributed by atoms with Gasteiger partial charge < -0.3 is 0 Å². The van der Waals surface area contributed by atoms with Crippen molar-refractivity contribution >= 4 is 34.0 Å². The second kappa shape index (κ2) is 8.27. The molecule has 3 aromatic rings. The van der Waals surface area contributed by atoms with E-state index in [1.165, 1.54) is 48.9 Å². The Morgan fingerprint density at radius 2 is 0.857 bits per heavy atom. The van der Waals surface area contributed by atoms with Gasteiger partial charge in [-0.05, 0) is 67.2 Å². The highest BCUT2D eigenvalue weighted by Gasteiger charge is 2.39. The molecule has 0 nitrogen and oxygen atoms in total. The van der Waals surface area contributed by atoms with Gasteiger partial charge in [0.2, 0.25) is 7.38 Å². The topological polar surface area (TPSA) is 0 Å².